The van der Waals surface area contributed by atoms with E-state index in [-0.39, 0.29) is 18.4 Å². The molecule has 0 radical (unpaired) electrons. The molecule has 0 aromatic heterocycles. The highest BCUT2D eigenvalue weighted by atomic mass is 16.5. The van der Waals surface area contributed by atoms with Gasteiger partial charge in [-0.3, -0.25) is 9.59 Å². The van der Waals surface area contributed by atoms with Crippen molar-refractivity contribution in [2.24, 2.45) is 0 Å². The average Bonchev–Trinajstić information content (AvgIpc) is 2.81. The molecule has 0 saturated carbocycles. The van der Waals surface area contributed by atoms with Crippen LogP contribution in [0, 0.1) is 0 Å². The number of nitrogens with one attached hydrogen (secondary N) is 1. The summed E-state index contributed by atoms with van der Waals surface area (Å²) < 4.78 is 5.15. The van der Waals surface area contributed by atoms with E-state index in [0.717, 1.165) is 25.9 Å². The van der Waals surface area contributed by atoms with Gasteiger partial charge < -0.3 is 15.0 Å². The zero-order chi connectivity index (χ0) is 15.1. The predicted octanol–water partition coefficient (Wildman–Crippen LogP) is 1.83. The molecule has 1 aliphatic rings. The first-order chi connectivity index (χ1) is 10.2. The molecule has 1 heterocycles. The summed E-state index contributed by atoms with van der Waals surface area (Å²) in [5.74, 6) is 0.216. The number of ether oxygens (including phenoxy) is 1. The molecule has 2 rings (SSSR count). The molecule has 1 fully saturated rings. The molecule has 1 saturated heterocycles. The highest BCUT2D eigenvalue weighted by molar-refractivity contribution is 5.98. The van der Waals surface area contributed by atoms with E-state index in [1.54, 1.807) is 24.3 Å². The van der Waals surface area contributed by atoms with Crippen LogP contribution in [0.15, 0.2) is 24.3 Å². The normalized spacial score (nSPS) is 15.2. The molecule has 0 bridgehead atoms. The summed E-state index contributed by atoms with van der Waals surface area (Å²) in [6.45, 7) is 1.63. The molecular weight excluding hydrogens is 268 g/mol. The van der Waals surface area contributed by atoms with Gasteiger partial charge in [0.05, 0.1) is 19.2 Å². The lowest BCUT2D eigenvalue weighted by Crippen LogP contribution is -2.40. The van der Waals surface area contributed by atoms with Crippen LogP contribution in [0.3, 0.4) is 0 Å². The maximum absolute atomic E-state index is 12.1. The van der Waals surface area contributed by atoms with E-state index in [1.165, 1.54) is 20.0 Å². The highest BCUT2D eigenvalue weighted by Crippen LogP contribution is 2.16. The van der Waals surface area contributed by atoms with Gasteiger partial charge in [-0.1, -0.05) is 25.0 Å². The number of hydrogen-bond acceptors (Lipinski definition) is 3. The Morgan fingerprint density at radius 3 is 2.48 bits per heavy atom. The van der Waals surface area contributed by atoms with Crippen molar-refractivity contribution in [1.29, 1.82) is 0 Å². The number of nitrogens with zero attached hydrogens (tertiary/aromatic N) is 1. The number of hydrogen-bond donors (Lipinski definition) is 1. The zero-order valence-corrected chi connectivity index (χ0v) is 12.4. The second-order valence-electron chi connectivity index (χ2n) is 5.18. The Kier molecular flexibility index (Phi) is 5.60. The fourth-order valence-corrected chi connectivity index (χ4v) is 2.52. The van der Waals surface area contributed by atoms with Gasteiger partial charge in [0.15, 0.2) is 0 Å². The lowest BCUT2D eigenvalue weighted by molar-refractivity contribution is -0.130. The number of para-hydroxylation sites is 1. The van der Waals surface area contributed by atoms with Crippen LogP contribution in [0.5, 0.6) is 5.75 Å². The summed E-state index contributed by atoms with van der Waals surface area (Å²) >= 11 is 0. The molecular formula is C16H22N2O3. The van der Waals surface area contributed by atoms with Crippen LogP contribution in [-0.4, -0.2) is 43.5 Å². The fourth-order valence-electron chi connectivity index (χ4n) is 2.52. The Morgan fingerprint density at radius 2 is 1.81 bits per heavy atom. The number of amides is 2. The van der Waals surface area contributed by atoms with E-state index >= 15 is 0 Å². The standard InChI is InChI=1S/C16H22N2O3/c1-21-14-9-5-4-8-13(14)16(20)17-12-15(19)18-10-6-2-3-7-11-18/h4-5,8-9H,2-3,6-7,10-12H2,1H3,(H,17,20). The van der Waals surface area contributed by atoms with E-state index in [9.17, 15) is 9.59 Å². The predicted molar refractivity (Wildman–Crippen MR) is 80.4 cm³/mol. The van der Waals surface area contributed by atoms with Gasteiger partial charge in [0.1, 0.15) is 5.75 Å². The number of methoxy groups -OCH3 is 1. The molecule has 0 atom stereocenters. The van der Waals surface area contributed by atoms with Gasteiger partial charge in [-0.15, -0.1) is 0 Å². The SMILES string of the molecule is COc1ccccc1C(=O)NCC(=O)N1CCCCCC1. The minimum Gasteiger partial charge on any atom is -0.496 e. The van der Waals surface area contributed by atoms with Crippen molar-refractivity contribution in [3.05, 3.63) is 29.8 Å². The van der Waals surface area contributed by atoms with Crippen LogP contribution in [0.1, 0.15) is 36.0 Å². The van der Waals surface area contributed by atoms with Gasteiger partial charge >= 0.3 is 0 Å². The largest absolute Gasteiger partial charge is 0.496 e. The van der Waals surface area contributed by atoms with Crippen molar-refractivity contribution < 1.29 is 14.3 Å². The van der Waals surface area contributed by atoms with Gasteiger partial charge in [-0.25, -0.2) is 0 Å². The number of carbonyl (C=O) groups is 2. The number of rotatable bonds is 4. The van der Waals surface area contributed by atoms with Crippen molar-refractivity contribution in [1.82, 2.24) is 10.2 Å². The minimum atomic E-state index is -0.282. The number of likely N-dealkylation sites (tertiary alicyclic amines) is 1. The monoisotopic (exact) mass is 290 g/mol. The van der Waals surface area contributed by atoms with Crippen molar-refractivity contribution in [3.8, 4) is 5.75 Å². The quantitative estimate of drug-likeness (QED) is 0.920. The van der Waals surface area contributed by atoms with E-state index in [1.807, 2.05) is 4.90 Å². The third-order valence-corrected chi connectivity index (χ3v) is 3.71. The molecule has 1 N–H and O–H groups in total. The maximum atomic E-state index is 12.1. The van der Waals surface area contributed by atoms with Crippen LogP contribution >= 0.6 is 0 Å². The van der Waals surface area contributed by atoms with Crippen LogP contribution < -0.4 is 10.1 Å². The van der Waals surface area contributed by atoms with Gasteiger partial charge in [0, 0.05) is 13.1 Å². The highest BCUT2D eigenvalue weighted by Gasteiger charge is 2.17. The summed E-state index contributed by atoms with van der Waals surface area (Å²) in [5.41, 5.74) is 0.448. The smallest absolute Gasteiger partial charge is 0.255 e. The molecule has 0 aliphatic carbocycles. The number of benzene rings is 1. The summed E-state index contributed by atoms with van der Waals surface area (Å²) in [6.07, 6.45) is 4.45. The molecule has 5 heteroatoms. The van der Waals surface area contributed by atoms with Crippen molar-refractivity contribution in [3.63, 3.8) is 0 Å². The summed E-state index contributed by atoms with van der Waals surface area (Å²) in [7, 11) is 1.52. The third kappa shape index (κ3) is 4.21. The molecule has 0 spiro atoms. The second-order valence-corrected chi connectivity index (χ2v) is 5.18. The lowest BCUT2D eigenvalue weighted by Gasteiger charge is -2.20. The molecule has 5 nitrogen and oxygen atoms in total. The van der Waals surface area contributed by atoms with Gasteiger partial charge in [-0.2, -0.15) is 0 Å². The molecule has 114 valence electrons. The molecule has 21 heavy (non-hydrogen) atoms. The van der Waals surface area contributed by atoms with Gasteiger partial charge in [0.25, 0.3) is 5.91 Å². The summed E-state index contributed by atoms with van der Waals surface area (Å²) in [5, 5.41) is 2.68. The first kappa shape index (κ1) is 15.4. The molecule has 1 aromatic carbocycles. The van der Waals surface area contributed by atoms with Crippen molar-refractivity contribution in [2.75, 3.05) is 26.7 Å². The lowest BCUT2D eigenvalue weighted by atomic mass is 10.2. The van der Waals surface area contributed by atoms with E-state index in [2.05, 4.69) is 5.32 Å². The van der Waals surface area contributed by atoms with Crippen LogP contribution in [0.2, 0.25) is 0 Å². The first-order valence-electron chi connectivity index (χ1n) is 7.41. The minimum absolute atomic E-state index is 0.0138. The Morgan fingerprint density at radius 1 is 1.14 bits per heavy atom. The van der Waals surface area contributed by atoms with E-state index in [0.29, 0.717) is 11.3 Å². The van der Waals surface area contributed by atoms with Gasteiger partial charge in [-0.05, 0) is 25.0 Å². The molecule has 1 aromatic rings. The fraction of sp³-hybridized carbons (Fsp3) is 0.500. The first-order valence-corrected chi connectivity index (χ1v) is 7.41. The third-order valence-electron chi connectivity index (χ3n) is 3.71. The van der Waals surface area contributed by atoms with Crippen LogP contribution in [0.25, 0.3) is 0 Å². The summed E-state index contributed by atoms with van der Waals surface area (Å²) in [6, 6.07) is 6.99. The molecule has 0 unspecified atom stereocenters. The van der Waals surface area contributed by atoms with E-state index < -0.39 is 0 Å². The second kappa shape index (κ2) is 7.67. The van der Waals surface area contributed by atoms with Crippen LogP contribution in [-0.2, 0) is 4.79 Å². The Bertz CT molecular complexity index is 494. The zero-order valence-electron chi connectivity index (χ0n) is 12.4. The topological polar surface area (TPSA) is 58.6 Å². The van der Waals surface area contributed by atoms with Crippen molar-refractivity contribution >= 4 is 11.8 Å². The Balaban J connectivity index is 1.89. The maximum Gasteiger partial charge on any atom is 0.255 e. The Labute approximate surface area is 125 Å². The van der Waals surface area contributed by atoms with Crippen molar-refractivity contribution in [2.45, 2.75) is 25.7 Å². The average molecular weight is 290 g/mol. The summed E-state index contributed by atoms with van der Waals surface area (Å²) in [4.78, 5) is 26.1. The molecule has 2 amide bonds. The van der Waals surface area contributed by atoms with Crippen LogP contribution in [0.4, 0.5) is 0 Å². The Hall–Kier alpha value is -2.04. The van der Waals surface area contributed by atoms with E-state index in [4.69, 9.17) is 4.74 Å². The molecule has 1 aliphatic heterocycles. The number of carbonyl (C=O) groups excluding carboxylic acids is 2. The van der Waals surface area contributed by atoms with Gasteiger partial charge in [0.2, 0.25) is 5.91 Å².